The number of hydrogen-bond donors (Lipinski definition) is 0. The molecule has 1 aromatic rings. The van der Waals surface area contributed by atoms with Gasteiger partial charge in [0, 0.05) is 12.0 Å². The van der Waals surface area contributed by atoms with Crippen molar-refractivity contribution >= 4 is 11.8 Å². The van der Waals surface area contributed by atoms with Crippen molar-refractivity contribution in [2.75, 3.05) is 7.11 Å². The first-order valence-corrected chi connectivity index (χ1v) is 4.83. The fraction of sp³-hybridized carbons (Fsp3) is 0.333. The van der Waals surface area contributed by atoms with Gasteiger partial charge in [-0.2, -0.15) is 0 Å². The van der Waals surface area contributed by atoms with E-state index in [-0.39, 0.29) is 5.78 Å². The number of benzene rings is 1. The van der Waals surface area contributed by atoms with Crippen LogP contribution >= 0.6 is 0 Å². The summed E-state index contributed by atoms with van der Waals surface area (Å²) in [6.07, 6.45) is 0.382. The summed E-state index contributed by atoms with van der Waals surface area (Å²) in [5.74, 6) is -0.496. The lowest BCUT2D eigenvalue weighted by Gasteiger charge is -2.08. The third kappa shape index (κ3) is 2.24. The quantitative estimate of drug-likeness (QED) is 0.563. The highest BCUT2D eigenvalue weighted by molar-refractivity contribution is 6.07. The summed E-state index contributed by atoms with van der Waals surface area (Å²) >= 11 is 0. The minimum absolute atomic E-state index is 0.0425. The van der Waals surface area contributed by atoms with E-state index in [2.05, 4.69) is 4.74 Å². The van der Waals surface area contributed by atoms with Crippen molar-refractivity contribution < 1.29 is 14.3 Å². The highest BCUT2D eigenvalue weighted by Crippen LogP contribution is 2.17. The Balaban J connectivity index is 3.32. The number of methoxy groups -OCH3 is 1. The predicted molar refractivity (Wildman–Crippen MR) is 57.1 cm³/mol. The van der Waals surface area contributed by atoms with E-state index < -0.39 is 5.97 Å². The number of esters is 1. The minimum atomic E-state index is -0.454. The molecule has 0 aromatic heterocycles. The Labute approximate surface area is 89.1 Å². The molecule has 0 bridgehead atoms. The van der Waals surface area contributed by atoms with Crippen molar-refractivity contribution in [3.8, 4) is 0 Å². The van der Waals surface area contributed by atoms with E-state index in [1.807, 2.05) is 0 Å². The fourth-order valence-electron chi connectivity index (χ4n) is 1.46. The number of aryl methyl sites for hydroxylation is 1. The Morgan fingerprint density at radius 3 is 2.53 bits per heavy atom. The molecule has 0 aliphatic rings. The van der Waals surface area contributed by atoms with Crippen LogP contribution in [0.4, 0.5) is 0 Å². The van der Waals surface area contributed by atoms with Crippen molar-refractivity contribution in [2.45, 2.75) is 20.3 Å². The highest BCUT2D eigenvalue weighted by Gasteiger charge is 2.18. The Kier molecular flexibility index (Phi) is 3.61. The molecule has 0 amide bonds. The molecule has 0 N–H and O–H groups in total. The van der Waals surface area contributed by atoms with E-state index in [4.69, 9.17) is 0 Å². The van der Waals surface area contributed by atoms with Gasteiger partial charge in [-0.25, -0.2) is 4.79 Å². The van der Waals surface area contributed by atoms with Gasteiger partial charge < -0.3 is 4.74 Å². The second-order valence-corrected chi connectivity index (χ2v) is 3.27. The fourth-order valence-corrected chi connectivity index (χ4v) is 1.46. The smallest absolute Gasteiger partial charge is 0.338 e. The molecule has 0 fully saturated rings. The summed E-state index contributed by atoms with van der Waals surface area (Å²) in [6.45, 7) is 3.56. The van der Waals surface area contributed by atoms with Crippen LogP contribution in [0.5, 0.6) is 0 Å². The van der Waals surface area contributed by atoms with Crippen LogP contribution in [0.3, 0.4) is 0 Å². The molecule has 0 heterocycles. The lowest BCUT2D eigenvalue weighted by molar-refractivity contribution is 0.0596. The maximum Gasteiger partial charge on any atom is 0.338 e. The number of carbonyl (C=O) groups is 2. The molecule has 15 heavy (non-hydrogen) atoms. The third-order valence-electron chi connectivity index (χ3n) is 2.28. The Hall–Kier alpha value is -1.64. The molecular weight excluding hydrogens is 192 g/mol. The third-order valence-corrected chi connectivity index (χ3v) is 2.28. The predicted octanol–water partition coefficient (Wildman–Crippen LogP) is 2.37. The summed E-state index contributed by atoms with van der Waals surface area (Å²) < 4.78 is 4.66. The molecule has 3 nitrogen and oxygen atoms in total. The van der Waals surface area contributed by atoms with Crippen molar-refractivity contribution in [1.82, 2.24) is 0 Å². The van der Waals surface area contributed by atoms with Crippen LogP contribution in [0, 0.1) is 6.92 Å². The normalized spacial score (nSPS) is 9.80. The van der Waals surface area contributed by atoms with Gasteiger partial charge in [0.1, 0.15) is 0 Å². The maximum absolute atomic E-state index is 11.6. The first-order chi connectivity index (χ1) is 7.11. The van der Waals surface area contributed by atoms with Gasteiger partial charge in [0.25, 0.3) is 0 Å². The molecule has 0 spiro atoms. The summed E-state index contributed by atoms with van der Waals surface area (Å²) in [5, 5.41) is 0. The molecule has 1 aromatic carbocycles. The average Bonchev–Trinajstić information content (AvgIpc) is 2.26. The number of ether oxygens (including phenoxy) is 1. The summed E-state index contributed by atoms with van der Waals surface area (Å²) in [5.41, 5.74) is 1.59. The van der Waals surface area contributed by atoms with Crippen LogP contribution in [0.25, 0.3) is 0 Å². The molecular formula is C12H14O3. The second kappa shape index (κ2) is 4.73. The van der Waals surface area contributed by atoms with Crippen LogP contribution < -0.4 is 0 Å². The van der Waals surface area contributed by atoms with E-state index in [9.17, 15) is 9.59 Å². The van der Waals surface area contributed by atoms with Gasteiger partial charge in [-0.3, -0.25) is 4.79 Å². The number of Topliss-reactive ketones (excluding diaryl/α,β-unsaturated/α-hetero) is 1. The SMILES string of the molecule is CCC(=O)c1cccc(C)c1C(=O)OC. The Morgan fingerprint density at radius 1 is 1.33 bits per heavy atom. The molecule has 80 valence electrons. The van der Waals surface area contributed by atoms with E-state index in [1.54, 1.807) is 32.0 Å². The van der Waals surface area contributed by atoms with Crippen LogP contribution in [0.1, 0.15) is 39.6 Å². The number of ketones is 1. The van der Waals surface area contributed by atoms with Crippen LogP contribution in [0.2, 0.25) is 0 Å². The van der Waals surface area contributed by atoms with Gasteiger partial charge in [0.05, 0.1) is 12.7 Å². The zero-order chi connectivity index (χ0) is 11.4. The molecule has 0 radical (unpaired) electrons. The Bertz CT molecular complexity index is 394. The molecule has 0 aliphatic carbocycles. The zero-order valence-electron chi connectivity index (χ0n) is 9.16. The van der Waals surface area contributed by atoms with E-state index >= 15 is 0 Å². The van der Waals surface area contributed by atoms with E-state index in [0.717, 1.165) is 5.56 Å². The molecule has 0 unspecified atom stereocenters. The standard InChI is InChI=1S/C12H14O3/c1-4-10(13)9-7-5-6-8(2)11(9)12(14)15-3/h5-7H,4H2,1-3H3. The van der Waals surface area contributed by atoms with Crippen molar-refractivity contribution in [2.24, 2.45) is 0 Å². The van der Waals surface area contributed by atoms with Crippen molar-refractivity contribution in [1.29, 1.82) is 0 Å². The summed E-state index contributed by atoms with van der Waals surface area (Å²) in [6, 6.07) is 5.22. The number of hydrogen-bond acceptors (Lipinski definition) is 3. The lowest BCUT2D eigenvalue weighted by Crippen LogP contribution is -2.11. The van der Waals surface area contributed by atoms with E-state index in [0.29, 0.717) is 17.5 Å². The average molecular weight is 206 g/mol. The van der Waals surface area contributed by atoms with Gasteiger partial charge in [0.2, 0.25) is 0 Å². The van der Waals surface area contributed by atoms with Gasteiger partial charge >= 0.3 is 5.97 Å². The molecule has 3 heteroatoms. The monoisotopic (exact) mass is 206 g/mol. The first kappa shape index (κ1) is 11.4. The van der Waals surface area contributed by atoms with Crippen molar-refractivity contribution in [3.05, 3.63) is 34.9 Å². The van der Waals surface area contributed by atoms with Gasteiger partial charge in [0.15, 0.2) is 5.78 Å². The van der Waals surface area contributed by atoms with Gasteiger partial charge in [-0.05, 0) is 12.5 Å². The minimum Gasteiger partial charge on any atom is -0.465 e. The van der Waals surface area contributed by atoms with Crippen LogP contribution in [-0.2, 0) is 4.74 Å². The van der Waals surface area contributed by atoms with Crippen molar-refractivity contribution in [3.63, 3.8) is 0 Å². The first-order valence-electron chi connectivity index (χ1n) is 4.83. The Morgan fingerprint density at radius 2 is 2.00 bits per heavy atom. The summed E-state index contributed by atoms with van der Waals surface area (Å²) in [4.78, 5) is 23.1. The summed E-state index contributed by atoms with van der Waals surface area (Å²) in [7, 11) is 1.31. The highest BCUT2D eigenvalue weighted by atomic mass is 16.5. The lowest BCUT2D eigenvalue weighted by atomic mass is 9.98. The second-order valence-electron chi connectivity index (χ2n) is 3.27. The maximum atomic E-state index is 11.6. The largest absolute Gasteiger partial charge is 0.465 e. The number of rotatable bonds is 3. The number of carbonyl (C=O) groups excluding carboxylic acids is 2. The van der Waals surface area contributed by atoms with E-state index in [1.165, 1.54) is 7.11 Å². The zero-order valence-corrected chi connectivity index (χ0v) is 9.16. The van der Waals surface area contributed by atoms with Crippen LogP contribution in [-0.4, -0.2) is 18.9 Å². The topological polar surface area (TPSA) is 43.4 Å². The van der Waals surface area contributed by atoms with Gasteiger partial charge in [-0.1, -0.05) is 25.1 Å². The molecule has 0 saturated heterocycles. The molecule has 1 rings (SSSR count). The van der Waals surface area contributed by atoms with Crippen LogP contribution in [0.15, 0.2) is 18.2 Å². The molecule has 0 saturated carbocycles. The molecule has 0 aliphatic heterocycles. The van der Waals surface area contributed by atoms with Gasteiger partial charge in [-0.15, -0.1) is 0 Å². The molecule has 0 atom stereocenters.